The number of rotatable bonds is 7. The van der Waals surface area contributed by atoms with Gasteiger partial charge in [0.25, 0.3) is 0 Å². The van der Waals surface area contributed by atoms with E-state index < -0.39 is 5.54 Å². The minimum atomic E-state index is -0.980. The van der Waals surface area contributed by atoms with Gasteiger partial charge in [-0.05, 0) is 29.4 Å². The molecule has 23 heavy (non-hydrogen) atoms. The van der Waals surface area contributed by atoms with Gasteiger partial charge in [-0.15, -0.1) is 0 Å². The Kier molecular flexibility index (Phi) is 6.59. The second-order valence-corrected chi connectivity index (χ2v) is 7.06. The number of carbonyl (C=O) groups is 1. The van der Waals surface area contributed by atoms with E-state index in [0.717, 1.165) is 11.1 Å². The first kappa shape index (κ1) is 19.5. The molecule has 1 aromatic carbocycles. The molecule has 0 heterocycles. The van der Waals surface area contributed by atoms with E-state index in [2.05, 4.69) is 5.32 Å². The number of aryl methyl sites for hydroxylation is 1. The van der Waals surface area contributed by atoms with Crippen LogP contribution in [0.3, 0.4) is 0 Å². The Balaban J connectivity index is 2.78. The molecule has 0 saturated carbocycles. The summed E-state index contributed by atoms with van der Waals surface area (Å²) in [6.07, 6.45) is 1.03. The van der Waals surface area contributed by atoms with E-state index >= 15 is 0 Å². The Labute approximate surface area is 138 Å². The average Bonchev–Trinajstić information content (AvgIpc) is 2.50. The van der Waals surface area contributed by atoms with E-state index in [4.69, 9.17) is 0 Å². The molecule has 0 radical (unpaired) electrons. The minimum Gasteiger partial charge on any atom is -0.507 e. The van der Waals surface area contributed by atoms with Crippen molar-refractivity contribution in [1.29, 1.82) is 0 Å². The van der Waals surface area contributed by atoms with Crippen LogP contribution in [-0.2, 0) is 16.6 Å². The number of phenolic OH excluding ortho intramolecular Hbond substituents is 1. The number of hydrogen-bond acceptors (Lipinski definition) is 4. The molecule has 0 aliphatic heterocycles. The van der Waals surface area contributed by atoms with Crippen molar-refractivity contribution < 1.29 is 20.1 Å². The average molecular weight is 323 g/mol. The van der Waals surface area contributed by atoms with Crippen LogP contribution in [0.5, 0.6) is 5.75 Å². The van der Waals surface area contributed by atoms with Crippen molar-refractivity contribution in [3.05, 3.63) is 29.3 Å². The third-order valence-electron chi connectivity index (χ3n) is 4.24. The fourth-order valence-electron chi connectivity index (χ4n) is 2.45. The van der Waals surface area contributed by atoms with Crippen molar-refractivity contribution in [3.8, 4) is 5.75 Å². The maximum Gasteiger partial charge on any atom is 0.220 e. The van der Waals surface area contributed by atoms with Gasteiger partial charge in [0, 0.05) is 6.42 Å². The summed E-state index contributed by atoms with van der Waals surface area (Å²) in [5.74, 6) is -0.0191. The van der Waals surface area contributed by atoms with E-state index in [1.165, 1.54) is 0 Å². The molecule has 0 fully saturated rings. The molecule has 0 saturated heterocycles. The number of benzene rings is 1. The first-order valence-corrected chi connectivity index (χ1v) is 8.03. The predicted octanol–water partition coefficient (Wildman–Crippen LogP) is 1.87. The Hall–Kier alpha value is -1.59. The Morgan fingerprint density at radius 2 is 1.78 bits per heavy atom. The molecule has 0 spiro atoms. The van der Waals surface area contributed by atoms with Gasteiger partial charge in [-0.2, -0.15) is 0 Å². The van der Waals surface area contributed by atoms with E-state index in [9.17, 15) is 20.1 Å². The third kappa shape index (κ3) is 4.94. The summed E-state index contributed by atoms with van der Waals surface area (Å²) >= 11 is 0. The monoisotopic (exact) mass is 323 g/mol. The number of carbonyl (C=O) groups excluding carboxylic acids is 1. The summed E-state index contributed by atoms with van der Waals surface area (Å²) in [4.78, 5) is 12.1. The second kappa shape index (κ2) is 7.79. The first-order chi connectivity index (χ1) is 10.7. The highest BCUT2D eigenvalue weighted by atomic mass is 16.3. The van der Waals surface area contributed by atoms with Crippen LogP contribution in [-0.4, -0.2) is 40.0 Å². The Morgan fingerprint density at radius 3 is 2.26 bits per heavy atom. The van der Waals surface area contributed by atoms with Crippen LogP contribution in [0, 0.1) is 0 Å². The number of aliphatic hydroxyl groups excluding tert-OH is 2. The van der Waals surface area contributed by atoms with Crippen molar-refractivity contribution in [1.82, 2.24) is 5.32 Å². The van der Waals surface area contributed by atoms with Crippen molar-refractivity contribution in [3.63, 3.8) is 0 Å². The van der Waals surface area contributed by atoms with Crippen LogP contribution in [0.4, 0.5) is 0 Å². The van der Waals surface area contributed by atoms with Crippen LogP contribution in [0.15, 0.2) is 18.2 Å². The van der Waals surface area contributed by atoms with Gasteiger partial charge in [0.1, 0.15) is 5.75 Å². The first-order valence-electron chi connectivity index (χ1n) is 8.03. The van der Waals surface area contributed by atoms with Crippen LogP contribution in [0.1, 0.15) is 51.7 Å². The van der Waals surface area contributed by atoms with E-state index in [1.54, 1.807) is 6.92 Å². The summed E-state index contributed by atoms with van der Waals surface area (Å²) in [6, 6.07) is 5.58. The maximum atomic E-state index is 12.1. The number of amides is 1. The van der Waals surface area contributed by atoms with Crippen molar-refractivity contribution in [2.45, 2.75) is 57.9 Å². The lowest BCUT2D eigenvalue weighted by molar-refractivity contribution is -0.124. The fraction of sp³-hybridized carbons (Fsp3) is 0.611. The summed E-state index contributed by atoms with van der Waals surface area (Å²) in [5.41, 5.74) is 0.423. The van der Waals surface area contributed by atoms with Crippen molar-refractivity contribution >= 4 is 5.91 Å². The number of nitrogens with one attached hydrogen (secondary N) is 1. The van der Waals surface area contributed by atoms with Crippen molar-refractivity contribution in [2.75, 3.05) is 13.2 Å². The van der Waals surface area contributed by atoms with Gasteiger partial charge in [-0.25, -0.2) is 0 Å². The lowest BCUT2D eigenvalue weighted by Crippen LogP contribution is -2.53. The Morgan fingerprint density at radius 1 is 1.17 bits per heavy atom. The molecule has 5 heteroatoms. The molecule has 130 valence electrons. The van der Waals surface area contributed by atoms with Crippen LogP contribution in [0.25, 0.3) is 0 Å². The quantitative estimate of drug-likeness (QED) is 0.617. The molecular weight excluding hydrogens is 294 g/mol. The lowest BCUT2D eigenvalue weighted by atomic mass is 9.84. The maximum absolute atomic E-state index is 12.1. The summed E-state index contributed by atoms with van der Waals surface area (Å²) in [7, 11) is 0. The molecule has 0 bridgehead atoms. The molecule has 5 nitrogen and oxygen atoms in total. The molecule has 0 atom stereocenters. The highest BCUT2D eigenvalue weighted by Crippen LogP contribution is 2.33. The molecule has 0 aliphatic rings. The largest absolute Gasteiger partial charge is 0.507 e. The van der Waals surface area contributed by atoms with Gasteiger partial charge in [0.05, 0.1) is 18.8 Å². The molecule has 4 N–H and O–H groups in total. The molecule has 0 unspecified atom stereocenters. The summed E-state index contributed by atoms with van der Waals surface area (Å²) in [6.45, 7) is 7.25. The number of aromatic hydroxyl groups is 1. The van der Waals surface area contributed by atoms with Gasteiger partial charge in [-0.3, -0.25) is 4.79 Å². The van der Waals surface area contributed by atoms with E-state index in [-0.39, 0.29) is 36.7 Å². The second-order valence-electron chi connectivity index (χ2n) is 7.06. The van der Waals surface area contributed by atoms with E-state index in [0.29, 0.717) is 12.8 Å². The van der Waals surface area contributed by atoms with Gasteiger partial charge in [-0.1, -0.05) is 45.9 Å². The number of para-hydroxylation sites is 1. The molecule has 1 aromatic rings. The number of hydrogen-bond donors (Lipinski definition) is 4. The van der Waals surface area contributed by atoms with Gasteiger partial charge >= 0.3 is 0 Å². The third-order valence-corrected chi connectivity index (χ3v) is 4.24. The fourth-order valence-corrected chi connectivity index (χ4v) is 2.45. The molecule has 1 amide bonds. The summed E-state index contributed by atoms with van der Waals surface area (Å²) in [5, 5.41) is 31.8. The zero-order chi connectivity index (χ0) is 17.7. The highest BCUT2D eigenvalue weighted by Gasteiger charge is 2.28. The van der Waals surface area contributed by atoms with Gasteiger partial charge < -0.3 is 20.6 Å². The standard InChI is InChI=1S/C18H29NO4/c1-5-18(11-20,12-21)19-15(22)10-9-13-7-6-8-14(16(13)23)17(2,3)4/h6-8,20-21,23H,5,9-12H2,1-4H3,(H,19,22). The number of phenols is 1. The van der Waals surface area contributed by atoms with Crippen LogP contribution < -0.4 is 5.32 Å². The van der Waals surface area contributed by atoms with Gasteiger partial charge in [0.15, 0.2) is 0 Å². The molecule has 1 rings (SSSR count). The smallest absolute Gasteiger partial charge is 0.220 e. The summed E-state index contributed by atoms with van der Waals surface area (Å²) < 4.78 is 0. The van der Waals surface area contributed by atoms with E-state index in [1.807, 2.05) is 39.0 Å². The van der Waals surface area contributed by atoms with Crippen LogP contribution >= 0.6 is 0 Å². The zero-order valence-electron chi connectivity index (χ0n) is 14.5. The predicted molar refractivity (Wildman–Crippen MR) is 90.5 cm³/mol. The lowest BCUT2D eigenvalue weighted by Gasteiger charge is -2.29. The van der Waals surface area contributed by atoms with Gasteiger partial charge in [0.2, 0.25) is 5.91 Å². The molecule has 0 aromatic heterocycles. The molecule has 0 aliphatic carbocycles. The zero-order valence-corrected chi connectivity index (χ0v) is 14.5. The topological polar surface area (TPSA) is 89.8 Å². The molecular formula is C18H29NO4. The van der Waals surface area contributed by atoms with Crippen molar-refractivity contribution in [2.24, 2.45) is 0 Å². The van der Waals surface area contributed by atoms with Crippen LogP contribution in [0.2, 0.25) is 0 Å². The number of aliphatic hydroxyl groups is 2. The Bertz CT molecular complexity index is 522. The normalized spacial score (nSPS) is 12.3. The SMILES string of the molecule is CCC(CO)(CO)NC(=O)CCc1cccc(C(C)(C)C)c1O. The highest BCUT2D eigenvalue weighted by molar-refractivity contribution is 5.77. The minimum absolute atomic E-state index is 0.173.